The van der Waals surface area contributed by atoms with Gasteiger partial charge in [0.1, 0.15) is 0 Å². The summed E-state index contributed by atoms with van der Waals surface area (Å²) in [7, 11) is 0. The van der Waals surface area contributed by atoms with E-state index in [0.717, 1.165) is 0 Å². The molecule has 0 spiro atoms. The standard InChI is InChI=1S/C14H26/c1-7-11(5)13(9-3)14(10-4)12(6)8-2/h7-10H2,1-6H3/b13-11+,14-12+. The predicted octanol–water partition coefficient (Wildman–Crippen LogP) is 5.26. The van der Waals surface area contributed by atoms with Gasteiger partial charge in [-0.2, -0.15) is 0 Å². The Morgan fingerprint density at radius 1 is 0.571 bits per heavy atom. The van der Waals surface area contributed by atoms with Crippen molar-refractivity contribution in [3.8, 4) is 0 Å². The van der Waals surface area contributed by atoms with Gasteiger partial charge in [-0.05, 0) is 50.7 Å². The second kappa shape index (κ2) is 6.86. The molecule has 0 atom stereocenters. The topological polar surface area (TPSA) is 0 Å². The fraction of sp³-hybridized carbons (Fsp3) is 0.714. The summed E-state index contributed by atoms with van der Waals surface area (Å²) >= 11 is 0. The van der Waals surface area contributed by atoms with Gasteiger partial charge in [-0.15, -0.1) is 0 Å². The first-order valence-corrected chi connectivity index (χ1v) is 5.99. The Kier molecular flexibility index (Phi) is 6.61. The highest BCUT2D eigenvalue weighted by Crippen LogP contribution is 2.26. The number of hydrogen-bond acceptors (Lipinski definition) is 0. The van der Waals surface area contributed by atoms with Crippen molar-refractivity contribution in [3.05, 3.63) is 22.3 Å². The van der Waals surface area contributed by atoms with Gasteiger partial charge in [-0.25, -0.2) is 0 Å². The monoisotopic (exact) mass is 194 g/mol. The second-order valence-electron chi connectivity index (χ2n) is 3.93. The number of hydrogen-bond donors (Lipinski definition) is 0. The molecule has 0 aromatic carbocycles. The molecule has 14 heavy (non-hydrogen) atoms. The Bertz CT molecular complexity index is 202. The van der Waals surface area contributed by atoms with E-state index in [1.807, 2.05) is 0 Å². The third-order valence-electron chi connectivity index (χ3n) is 3.16. The van der Waals surface area contributed by atoms with Crippen molar-refractivity contribution >= 4 is 0 Å². The lowest BCUT2D eigenvalue weighted by molar-refractivity contribution is 0.919. The van der Waals surface area contributed by atoms with Crippen LogP contribution in [-0.2, 0) is 0 Å². The van der Waals surface area contributed by atoms with Crippen molar-refractivity contribution in [3.63, 3.8) is 0 Å². The van der Waals surface area contributed by atoms with Gasteiger partial charge in [-0.1, -0.05) is 38.8 Å². The zero-order valence-corrected chi connectivity index (χ0v) is 10.8. The molecule has 0 aliphatic rings. The summed E-state index contributed by atoms with van der Waals surface area (Å²) in [6.45, 7) is 13.6. The van der Waals surface area contributed by atoms with Crippen molar-refractivity contribution in [2.75, 3.05) is 0 Å². The molecule has 0 aliphatic heterocycles. The minimum absolute atomic E-state index is 1.18. The normalized spacial score (nSPS) is 15.0. The maximum absolute atomic E-state index is 2.28. The van der Waals surface area contributed by atoms with Crippen LogP contribution in [0.2, 0.25) is 0 Å². The van der Waals surface area contributed by atoms with Crippen LogP contribution in [0.5, 0.6) is 0 Å². The van der Waals surface area contributed by atoms with E-state index in [4.69, 9.17) is 0 Å². The van der Waals surface area contributed by atoms with Gasteiger partial charge >= 0.3 is 0 Å². The fourth-order valence-corrected chi connectivity index (χ4v) is 1.97. The highest BCUT2D eigenvalue weighted by atomic mass is 14.1. The molecule has 0 fully saturated rings. The molecule has 0 aromatic rings. The molecule has 0 N–H and O–H groups in total. The first kappa shape index (κ1) is 13.5. The lowest BCUT2D eigenvalue weighted by atomic mass is 9.91. The average molecular weight is 194 g/mol. The summed E-state index contributed by atoms with van der Waals surface area (Å²) in [4.78, 5) is 0. The summed E-state index contributed by atoms with van der Waals surface area (Å²) in [5.74, 6) is 0. The van der Waals surface area contributed by atoms with E-state index in [2.05, 4.69) is 41.5 Å². The highest BCUT2D eigenvalue weighted by molar-refractivity contribution is 5.37. The van der Waals surface area contributed by atoms with Crippen LogP contribution in [0.4, 0.5) is 0 Å². The van der Waals surface area contributed by atoms with Crippen molar-refractivity contribution in [2.45, 2.75) is 67.2 Å². The first-order valence-electron chi connectivity index (χ1n) is 5.99. The number of allylic oxidation sites excluding steroid dienone is 4. The predicted molar refractivity (Wildman–Crippen MR) is 66.6 cm³/mol. The zero-order chi connectivity index (χ0) is 11.1. The van der Waals surface area contributed by atoms with Crippen LogP contribution in [0.3, 0.4) is 0 Å². The van der Waals surface area contributed by atoms with Gasteiger partial charge in [0.25, 0.3) is 0 Å². The van der Waals surface area contributed by atoms with Crippen LogP contribution in [0.1, 0.15) is 67.2 Å². The molecule has 0 heteroatoms. The minimum atomic E-state index is 1.18. The molecular weight excluding hydrogens is 168 g/mol. The van der Waals surface area contributed by atoms with Crippen molar-refractivity contribution in [2.24, 2.45) is 0 Å². The van der Waals surface area contributed by atoms with Crippen molar-refractivity contribution in [1.82, 2.24) is 0 Å². The molecule has 0 saturated carbocycles. The zero-order valence-electron chi connectivity index (χ0n) is 10.8. The summed E-state index contributed by atoms with van der Waals surface area (Å²) in [6, 6.07) is 0. The Morgan fingerprint density at radius 2 is 0.857 bits per heavy atom. The smallest absolute Gasteiger partial charge is 0.0305 e. The van der Waals surface area contributed by atoms with E-state index in [1.54, 1.807) is 22.3 Å². The maximum atomic E-state index is 2.28. The van der Waals surface area contributed by atoms with Crippen LogP contribution >= 0.6 is 0 Å². The highest BCUT2D eigenvalue weighted by Gasteiger charge is 2.06. The average Bonchev–Trinajstić information content (AvgIpc) is 2.23. The number of rotatable bonds is 5. The van der Waals surface area contributed by atoms with E-state index < -0.39 is 0 Å². The quantitative estimate of drug-likeness (QED) is 0.524. The van der Waals surface area contributed by atoms with E-state index in [-0.39, 0.29) is 0 Å². The first-order chi connectivity index (χ1) is 6.62. The lowest BCUT2D eigenvalue weighted by Crippen LogP contribution is -1.95. The van der Waals surface area contributed by atoms with Gasteiger partial charge in [-0.3, -0.25) is 0 Å². The van der Waals surface area contributed by atoms with Crippen LogP contribution in [0.15, 0.2) is 22.3 Å². The summed E-state index contributed by atoms with van der Waals surface area (Å²) in [5.41, 5.74) is 6.35. The van der Waals surface area contributed by atoms with Gasteiger partial charge < -0.3 is 0 Å². The van der Waals surface area contributed by atoms with Crippen molar-refractivity contribution < 1.29 is 0 Å². The molecule has 0 nitrogen and oxygen atoms in total. The molecule has 0 rings (SSSR count). The minimum Gasteiger partial charge on any atom is -0.0701 e. The molecule has 0 bridgehead atoms. The van der Waals surface area contributed by atoms with E-state index in [0.29, 0.717) is 0 Å². The molecular formula is C14H26. The van der Waals surface area contributed by atoms with Crippen LogP contribution in [-0.4, -0.2) is 0 Å². The van der Waals surface area contributed by atoms with Gasteiger partial charge in [0.2, 0.25) is 0 Å². The SMILES string of the molecule is CC/C(C)=C(CC)/C(CC)=C(\C)CC. The van der Waals surface area contributed by atoms with Crippen LogP contribution < -0.4 is 0 Å². The maximum Gasteiger partial charge on any atom is -0.0305 e. The third kappa shape index (κ3) is 3.32. The van der Waals surface area contributed by atoms with Crippen molar-refractivity contribution in [1.29, 1.82) is 0 Å². The molecule has 0 unspecified atom stereocenters. The molecule has 0 saturated heterocycles. The van der Waals surface area contributed by atoms with E-state index >= 15 is 0 Å². The summed E-state index contributed by atoms with van der Waals surface area (Å²) < 4.78 is 0. The Labute approximate surface area is 90.1 Å². The molecule has 0 heterocycles. The molecule has 82 valence electrons. The van der Waals surface area contributed by atoms with Gasteiger partial charge in [0.15, 0.2) is 0 Å². The molecule has 0 amide bonds. The lowest BCUT2D eigenvalue weighted by Gasteiger charge is -2.15. The third-order valence-corrected chi connectivity index (χ3v) is 3.16. The molecule has 0 aliphatic carbocycles. The summed E-state index contributed by atoms with van der Waals surface area (Å²) in [6.07, 6.45) is 4.73. The fourth-order valence-electron chi connectivity index (χ4n) is 1.97. The Hall–Kier alpha value is -0.520. The van der Waals surface area contributed by atoms with Gasteiger partial charge in [0.05, 0.1) is 0 Å². The van der Waals surface area contributed by atoms with E-state index in [1.165, 1.54) is 25.7 Å². The molecule has 0 radical (unpaired) electrons. The van der Waals surface area contributed by atoms with E-state index in [9.17, 15) is 0 Å². The molecule has 0 aromatic heterocycles. The Morgan fingerprint density at radius 3 is 1.00 bits per heavy atom. The second-order valence-corrected chi connectivity index (χ2v) is 3.93. The Balaban J connectivity index is 5.19. The largest absolute Gasteiger partial charge is 0.0701 e. The van der Waals surface area contributed by atoms with Crippen LogP contribution in [0, 0.1) is 0 Å². The van der Waals surface area contributed by atoms with Gasteiger partial charge in [0, 0.05) is 0 Å². The van der Waals surface area contributed by atoms with Crippen LogP contribution in [0.25, 0.3) is 0 Å². The summed E-state index contributed by atoms with van der Waals surface area (Å²) in [5, 5.41) is 0.